The van der Waals surface area contributed by atoms with Gasteiger partial charge in [0, 0.05) is 29.7 Å². The maximum Gasteiger partial charge on any atom is 0.253 e. The summed E-state index contributed by atoms with van der Waals surface area (Å²) in [5, 5.41) is 4.24. The van der Waals surface area contributed by atoms with Crippen LogP contribution >= 0.6 is 0 Å². The highest BCUT2D eigenvalue weighted by molar-refractivity contribution is 5.96. The first-order chi connectivity index (χ1) is 11.7. The number of rotatable bonds is 5. The molecule has 0 atom stereocenters. The molecule has 3 rings (SSSR count). The summed E-state index contributed by atoms with van der Waals surface area (Å²) in [6, 6.07) is 15.3. The Hall–Kier alpha value is -2.95. The van der Waals surface area contributed by atoms with Crippen molar-refractivity contribution in [2.24, 2.45) is 0 Å². The Balaban J connectivity index is 1.91. The number of carbonyl (C=O) groups excluding carboxylic acids is 1. The third-order valence-corrected chi connectivity index (χ3v) is 3.97. The van der Waals surface area contributed by atoms with Crippen LogP contribution in [-0.4, -0.2) is 33.9 Å². The summed E-state index contributed by atoms with van der Waals surface area (Å²) in [5.41, 5.74) is 2.38. The first-order valence-electron chi connectivity index (χ1n) is 8.09. The summed E-state index contributed by atoms with van der Waals surface area (Å²) in [4.78, 5) is 22.9. The maximum absolute atomic E-state index is 12.5. The van der Waals surface area contributed by atoms with Crippen molar-refractivity contribution >= 4 is 28.3 Å². The van der Waals surface area contributed by atoms with Crippen LogP contribution in [0, 0.1) is 0 Å². The molecular weight excluding hydrogens is 300 g/mol. The van der Waals surface area contributed by atoms with Crippen LogP contribution in [0.5, 0.6) is 0 Å². The standard InChI is InChI=1S/C19H20N4O/c1-3-23(4-2)19(24)14-8-7-9-15(12-14)22-18-16-10-5-6-11-17(16)20-13-21-18/h5-13H,3-4H2,1-2H3,(H,20,21,22). The molecule has 3 aromatic rings. The first-order valence-corrected chi connectivity index (χ1v) is 8.09. The molecule has 0 saturated heterocycles. The van der Waals surface area contributed by atoms with Crippen LogP contribution in [0.4, 0.5) is 11.5 Å². The predicted octanol–water partition coefficient (Wildman–Crippen LogP) is 3.86. The van der Waals surface area contributed by atoms with Crippen LogP contribution in [0.1, 0.15) is 24.2 Å². The second kappa shape index (κ2) is 7.08. The number of para-hydroxylation sites is 1. The van der Waals surface area contributed by atoms with E-state index >= 15 is 0 Å². The van der Waals surface area contributed by atoms with Gasteiger partial charge in [0.2, 0.25) is 0 Å². The van der Waals surface area contributed by atoms with Crippen LogP contribution in [-0.2, 0) is 0 Å². The monoisotopic (exact) mass is 320 g/mol. The van der Waals surface area contributed by atoms with E-state index in [1.807, 2.05) is 62.4 Å². The molecule has 0 aliphatic rings. The number of aromatic nitrogens is 2. The highest BCUT2D eigenvalue weighted by Gasteiger charge is 2.13. The Morgan fingerprint density at radius 2 is 1.83 bits per heavy atom. The number of nitrogens with one attached hydrogen (secondary N) is 1. The molecule has 1 heterocycles. The lowest BCUT2D eigenvalue weighted by molar-refractivity contribution is 0.0773. The minimum atomic E-state index is 0.0381. The Morgan fingerprint density at radius 1 is 1.04 bits per heavy atom. The van der Waals surface area contributed by atoms with Crippen molar-refractivity contribution in [3.05, 3.63) is 60.4 Å². The third-order valence-electron chi connectivity index (χ3n) is 3.97. The van der Waals surface area contributed by atoms with Crippen molar-refractivity contribution < 1.29 is 4.79 Å². The summed E-state index contributed by atoms with van der Waals surface area (Å²) in [6.07, 6.45) is 1.54. The molecule has 122 valence electrons. The molecule has 0 aliphatic heterocycles. The van der Waals surface area contributed by atoms with Gasteiger partial charge in [-0.3, -0.25) is 4.79 Å². The zero-order chi connectivity index (χ0) is 16.9. The Labute approximate surface area is 141 Å². The average molecular weight is 320 g/mol. The van der Waals surface area contributed by atoms with Gasteiger partial charge in [-0.15, -0.1) is 0 Å². The van der Waals surface area contributed by atoms with Gasteiger partial charge in [-0.1, -0.05) is 18.2 Å². The number of nitrogens with zero attached hydrogens (tertiary/aromatic N) is 3. The molecule has 5 nitrogen and oxygen atoms in total. The van der Waals surface area contributed by atoms with Gasteiger partial charge in [0.1, 0.15) is 12.1 Å². The van der Waals surface area contributed by atoms with Gasteiger partial charge in [0.05, 0.1) is 5.52 Å². The molecule has 0 radical (unpaired) electrons. The normalized spacial score (nSPS) is 10.6. The van der Waals surface area contributed by atoms with Gasteiger partial charge < -0.3 is 10.2 Å². The largest absolute Gasteiger partial charge is 0.340 e. The van der Waals surface area contributed by atoms with Gasteiger partial charge >= 0.3 is 0 Å². The minimum Gasteiger partial charge on any atom is -0.340 e. The lowest BCUT2D eigenvalue weighted by atomic mass is 10.1. The maximum atomic E-state index is 12.5. The molecule has 0 spiro atoms. The number of anilines is 2. The number of fused-ring (bicyclic) bond motifs is 1. The molecule has 0 unspecified atom stereocenters. The summed E-state index contributed by atoms with van der Waals surface area (Å²) in [5.74, 6) is 0.768. The van der Waals surface area contributed by atoms with Crippen LogP contribution in [0.2, 0.25) is 0 Å². The van der Waals surface area contributed by atoms with E-state index in [9.17, 15) is 4.79 Å². The number of hydrogen-bond acceptors (Lipinski definition) is 4. The molecule has 1 aromatic heterocycles. The quantitative estimate of drug-likeness (QED) is 0.775. The molecule has 0 aliphatic carbocycles. The number of carbonyl (C=O) groups is 1. The summed E-state index contributed by atoms with van der Waals surface area (Å²) < 4.78 is 0. The van der Waals surface area contributed by atoms with E-state index < -0.39 is 0 Å². The highest BCUT2D eigenvalue weighted by atomic mass is 16.2. The van der Waals surface area contributed by atoms with E-state index in [4.69, 9.17) is 0 Å². The van der Waals surface area contributed by atoms with Crippen LogP contribution in [0.15, 0.2) is 54.9 Å². The SMILES string of the molecule is CCN(CC)C(=O)c1cccc(Nc2ncnc3ccccc23)c1. The number of benzene rings is 2. The van der Waals surface area contributed by atoms with Gasteiger partial charge in [0.15, 0.2) is 0 Å². The number of hydrogen-bond donors (Lipinski definition) is 1. The zero-order valence-corrected chi connectivity index (χ0v) is 13.9. The van der Waals surface area contributed by atoms with E-state index in [0.29, 0.717) is 18.7 Å². The summed E-state index contributed by atoms with van der Waals surface area (Å²) in [6.45, 7) is 5.36. The van der Waals surface area contributed by atoms with Gasteiger partial charge in [-0.05, 0) is 44.2 Å². The van der Waals surface area contributed by atoms with Crippen molar-refractivity contribution in [1.82, 2.24) is 14.9 Å². The van der Waals surface area contributed by atoms with Gasteiger partial charge in [-0.25, -0.2) is 9.97 Å². The molecule has 0 fully saturated rings. The van der Waals surface area contributed by atoms with E-state index in [-0.39, 0.29) is 5.91 Å². The van der Waals surface area contributed by atoms with Crippen molar-refractivity contribution in [3.63, 3.8) is 0 Å². The fraction of sp³-hybridized carbons (Fsp3) is 0.211. The highest BCUT2D eigenvalue weighted by Crippen LogP contribution is 2.23. The van der Waals surface area contributed by atoms with E-state index in [1.165, 1.54) is 6.33 Å². The minimum absolute atomic E-state index is 0.0381. The zero-order valence-electron chi connectivity index (χ0n) is 13.9. The van der Waals surface area contributed by atoms with Crippen molar-refractivity contribution in [2.75, 3.05) is 18.4 Å². The lowest BCUT2D eigenvalue weighted by Crippen LogP contribution is -2.30. The second-order valence-corrected chi connectivity index (χ2v) is 5.42. The molecule has 0 bridgehead atoms. The fourth-order valence-electron chi connectivity index (χ4n) is 2.66. The molecule has 2 aromatic carbocycles. The molecule has 24 heavy (non-hydrogen) atoms. The van der Waals surface area contributed by atoms with E-state index in [1.54, 1.807) is 4.90 Å². The van der Waals surface area contributed by atoms with Crippen molar-refractivity contribution in [1.29, 1.82) is 0 Å². The Morgan fingerprint density at radius 3 is 2.62 bits per heavy atom. The average Bonchev–Trinajstić information content (AvgIpc) is 2.63. The van der Waals surface area contributed by atoms with E-state index in [2.05, 4.69) is 15.3 Å². The molecule has 1 N–H and O–H groups in total. The fourth-order valence-corrected chi connectivity index (χ4v) is 2.66. The van der Waals surface area contributed by atoms with Gasteiger partial charge in [-0.2, -0.15) is 0 Å². The topological polar surface area (TPSA) is 58.1 Å². The summed E-state index contributed by atoms with van der Waals surface area (Å²) >= 11 is 0. The summed E-state index contributed by atoms with van der Waals surface area (Å²) in [7, 11) is 0. The Bertz CT molecular complexity index is 853. The van der Waals surface area contributed by atoms with Crippen molar-refractivity contribution in [3.8, 4) is 0 Å². The predicted molar refractivity (Wildman–Crippen MR) is 96.5 cm³/mol. The van der Waals surface area contributed by atoms with Crippen LogP contribution < -0.4 is 5.32 Å². The van der Waals surface area contributed by atoms with E-state index in [0.717, 1.165) is 22.4 Å². The van der Waals surface area contributed by atoms with Crippen LogP contribution in [0.25, 0.3) is 10.9 Å². The number of amides is 1. The second-order valence-electron chi connectivity index (χ2n) is 5.42. The third kappa shape index (κ3) is 3.20. The lowest BCUT2D eigenvalue weighted by Gasteiger charge is -2.19. The van der Waals surface area contributed by atoms with Crippen LogP contribution in [0.3, 0.4) is 0 Å². The molecular formula is C19H20N4O. The molecule has 5 heteroatoms. The smallest absolute Gasteiger partial charge is 0.253 e. The molecule has 1 amide bonds. The molecule has 0 saturated carbocycles. The van der Waals surface area contributed by atoms with Crippen molar-refractivity contribution in [2.45, 2.75) is 13.8 Å². The first kappa shape index (κ1) is 15.9. The van der Waals surface area contributed by atoms with Gasteiger partial charge in [0.25, 0.3) is 5.91 Å². The Kier molecular flexibility index (Phi) is 4.70.